The Morgan fingerprint density at radius 2 is 1.78 bits per heavy atom. The zero-order valence-electron chi connectivity index (χ0n) is 24.7. The van der Waals surface area contributed by atoms with Gasteiger partial charge in [-0.05, 0) is 50.0 Å². The molecule has 0 bridgehead atoms. The first kappa shape index (κ1) is 30.8. The molecule has 6 rings (SSSR count). The van der Waals surface area contributed by atoms with Crippen molar-refractivity contribution in [2.75, 3.05) is 44.6 Å². The number of anilines is 1. The first-order valence-electron chi connectivity index (χ1n) is 14.5. The van der Waals surface area contributed by atoms with Crippen LogP contribution in [0.25, 0.3) is 11.3 Å². The van der Waals surface area contributed by atoms with Gasteiger partial charge >= 0.3 is 6.18 Å². The average Bonchev–Trinajstić information content (AvgIpc) is 3.35. The van der Waals surface area contributed by atoms with Crippen LogP contribution in [0.3, 0.4) is 0 Å². The van der Waals surface area contributed by atoms with Gasteiger partial charge in [-0.15, -0.1) is 0 Å². The van der Waals surface area contributed by atoms with Crippen LogP contribution in [0.4, 0.5) is 18.9 Å². The molecule has 3 aliphatic rings. The maximum atomic E-state index is 13.8. The Balaban J connectivity index is 1.10. The van der Waals surface area contributed by atoms with Crippen molar-refractivity contribution in [3.05, 3.63) is 64.8 Å². The summed E-state index contributed by atoms with van der Waals surface area (Å²) < 4.78 is 43.7. The first-order chi connectivity index (χ1) is 21.3. The number of carbonyl (C=O) groups is 3. The number of halogens is 4. The van der Waals surface area contributed by atoms with Crippen molar-refractivity contribution in [1.82, 2.24) is 34.4 Å². The lowest BCUT2D eigenvalue weighted by Gasteiger charge is -2.35. The van der Waals surface area contributed by atoms with Crippen molar-refractivity contribution >= 4 is 35.0 Å². The Morgan fingerprint density at radius 1 is 1.11 bits per heavy atom. The van der Waals surface area contributed by atoms with E-state index in [0.717, 1.165) is 17.8 Å². The predicted molar refractivity (Wildman–Crippen MR) is 159 cm³/mol. The van der Waals surface area contributed by atoms with Gasteiger partial charge in [0.05, 0.1) is 34.6 Å². The number of piperazine rings is 1. The molecule has 4 heterocycles. The molecule has 1 aromatic carbocycles. The van der Waals surface area contributed by atoms with Gasteiger partial charge in [0.1, 0.15) is 0 Å². The second-order valence-corrected chi connectivity index (χ2v) is 12.3. The molecule has 3 fully saturated rings. The Hall–Kier alpha value is -4.17. The van der Waals surface area contributed by atoms with Gasteiger partial charge in [-0.2, -0.15) is 18.3 Å². The van der Waals surface area contributed by atoms with E-state index in [2.05, 4.69) is 27.3 Å². The van der Waals surface area contributed by atoms with Gasteiger partial charge in [-0.25, -0.2) is 4.98 Å². The number of alkyl halides is 3. The second-order valence-electron chi connectivity index (χ2n) is 11.8. The molecule has 0 radical (unpaired) electrons. The number of fused-ring (bicyclic) bond motifs is 1. The molecule has 11 nitrogen and oxygen atoms in total. The highest BCUT2D eigenvalue weighted by molar-refractivity contribution is 6.34. The van der Waals surface area contributed by atoms with Crippen LogP contribution in [0, 0.1) is 17.8 Å². The maximum absolute atomic E-state index is 13.8. The van der Waals surface area contributed by atoms with Crippen molar-refractivity contribution in [3.63, 3.8) is 0 Å². The molecule has 238 valence electrons. The van der Waals surface area contributed by atoms with Crippen LogP contribution in [0.15, 0.2) is 42.7 Å². The maximum Gasteiger partial charge on any atom is 0.435 e. The number of hydrogen-bond acceptors (Lipinski definition) is 6. The molecule has 1 aliphatic carbocycles. The number of nitrogens with one attached hydrogen (secondary N) is 2. The third-order valence-corrected chi connectivity index (χ3v) is 8.95. The van der Waals surface area contributed by atoms with Crippen LogP contribution < -0.4 is 10.6 Å². The number of allylic oxidation sites excluding steroid dienone is 1. The lowest BCUT2D eigenvalue weighted by molar-refractivity contribution is -0.141. The minimum Gasteiger partial charge on any atom is -0.339 e. The number of nitrogens with zero attached hydrogens (tertiary/aromatic N) is 6. The van der Waals surface area contributed by atoms with Crippen molar-refractivity contribution in [2.45, 2.75) is 19.6 Å². The largest absolute Gasteiger partial charge is 0.435 e. The van der Waals surface area contributed by atoms with Crippen molar-refractivity contribution in [3.8, 4) is 11.3 Å². The van der Waals surface area contributed by atoms with Crippen LogP contribution in [0.5, 0.6) is 0 Å². The highest BCUT2D eigenvalue weighted by Gasteiger charge is 2.58. The molecule has 3 amide bonds. The van der Waals surface area contributed by atoms with Crippen LogP contribution in [0.2, 0.25) is 5.02 Å². The molecule has 45 heavy (non-hydrogen) atoms. The number of aromatic nitrogens is 4. The van der Waals surface area contributed by atoms with Crippen LogP contribution in [0.1, 0.15) is 33.6 Å². The quantitative estimate of drug-likeness (QED) is 0.380. The molecule has 15 heteroatoms. The molecule has 2 saturated heterocycles. The van der Waals surface area contributed by atoms with E-state index in [1.807, 2.05) is 4.90 Å². The van der Waals surface area contributed by atoms with Crippen molar-refractivity contribution < 1.29 is 27.6 Å². The first-order valence-corrected chi connectivity index (χ1v) is 14.9. The fraction of sp³-hybridized carbons (Fsp3) is 0.433. The van der Waals surface area contributed by atoms with Crippen molar-refractivity contribution in [2.24, 2.45) is 24.8 Å². The lowest BCUT2D eigenvalue weighted by Crippen LogP contribution is -2.51. The zero-order chi connectivity index (χ0) is 32.2. The molecular weight excluding hydrogens is 613 g/mol. The molecular formula is C30H32ClF3N8O3. The molecule has 1 saturated carbocycles. The molecule has 2 aromatic heterocycles. The Bertz CT molecular complexity index is 1680. The van der Waals surface area contributed by atoms with E-state index in [-0.39, 0.29) is 57.6 Å². The fourth-order valence-corrected chi connectivity index (χ4v) is 6.56. The number of carbonyl (C=O) groups excluding carboxylic acids is 3. The van der Waals surface area contributed by atoms with Crippen LogP contribution >= 0.6 is 11.6 Å². The van der Waals surface area contributed by atoms with Crippen LogP contribution in [-0.2, 0) is 24.6 Å². The summed E-state index contributed by atoms with van der Waals surface area (Å²) in [4.78, 5) is 46.8. The van der Waals surface area contributed by atoms with Gasteiger partial charge in [-0.3, -0.25) is 19.1 Å². The van der Waals surface area contributed by atoms with Crippen LogP contribution in [-0.4, -0.2) is 86.1 Å². The number of amides is 3. The number of piperidine rings is 1. The number of hydrogen-bond donors (Lipinski definition) is 2. The number of benzene rings is 1. The lowest BCUT2D eigenvalue weighted by atomic mass is 10.1. The summed E-state index contributed by atoms with van der Waals surface area (Å²) in [7, 11) is 1.43. The summed E-state index contributed by atoms with van der Waals surface area (Å²) in [6.45, 7) is 8.99. The molecule has 2 N–H and O–H groups in total. The monoisotopic (exact) mass is 644 g/mol. The van der Waals surface area contributed by atoms with Gasteiger partial charge in [0.2, 0.25) is 5.91 Å². The van der Waals surface area contributed by atoms with Gasteiger partial charge in [0, 0.05) is 51.0 Å². The Labute approximate surface area is 262 Å². The molecule has 3 atom stereocenters. The van der Waals surface area contributed by atoms with Gasteiger partial charge in [0.25, 0.3) is 11.8 Å². The van der Waals surface area contributed by atoms with Crippen molar-refractivity contribution in [1.29, 1.82) is 0 Å². The minimum absolute atomic E-state index is 0.0539. The summed E-state index contributed by atoms with van der Waals surface area (Å²) in [6.07, 6.45) is -2.29. The van der Waals surface area contributed by atoms with E-state index in [1.54, 1.807) is 11.8 Å². The fourth-order valence-electron chi connectivity index (χ4n) is 6.30. The molecule has 0 spiro atoms. The summed E-state index contributed by atoms with van der Waals surface area (Å²) in [5.41, 5.74) is -0.114. The molecule has 0 unspecified atom stereocenters. The zero-order valence-corrected chi connectivity index (χ0v) is 25.5. The predicted octanol–water partition coefficient (Wildman–Crippen LogP) is 3.53. The number of rotatable bonds is 7. The standard InChI is InChI=1S/C30H32ClF3N8O3/c1-16(2)14-42-15-21(25(38-42)30(32,33)34)23-13-36-26(39(23)3)27(43)37-17-4-5-18(22(31)10-17)28(44)40-6-8-41(9-7-40)29(45)24-19-11-35-12-20(19)24/h4-5,10,13,15,19-20,24,35H,1,6-9,11-12,14H2,2-3H3,(H,37,43)/t19-,20+,24+. The SMILES string of the molecule is C=C(C)Cn1cc(-c2cnc(C(=O)Nc3ccc(C(=O)N4CCN(C(=O)[C@H]5[C@@H]6CNC[C@@H]65)CC4)c(Cl)c3)n2C)c(C(F)(F)F)n1. The highest BCUT2D eigenvalue weighted by atomic mass is 35.5. The van der Waals surface area contributed by atoms with Gasteiger partial charge in [0.15, 0.2) is 11.5 Å². The van der Waals surface area contributed by atoms with E-state index < -0.39 is 17.8 Å². The van der Waals surface area contributed by atoms with E-state index in [9.17, 15) is 27.6 Å². The van der Waals surface area contributed by atoms with Gasteiger partial charge < -0.3 is 25.0 Å². The summed E-state index contributed by atoms with van der Waals surface area (Å²) in [6, 6.07) is 4.45. The second kappa shape index (κ2) is 11.6. The Kier molecular flexibility index (Phi) is 7.98. The van der Waals surface area contributed by atoms with E-state index in [1.165, 1.54) is 42.2 Å². The third kappa shape index (κ3) is 5.96. The van der Waals surface area contributed by atoms with E-state index in [4.69, 9.17) is 11.6 Å². The van der Waals surface area contributed by atoms with Gasteiger partial charge in [-0.1, -0.05) is 23.8 Å². The average molecular weight is 645 g/mol. The summed E-state index contributed by atoms with van der Waals surface area (Å²) >= 11 is 6.46. The van der Waals surface area contributed by atoms with E-state index >= 15 is 0 Å². The Morgan fingerprint density at radius 3 is 2.40 bits per heavy atom. The third-order valence-electron chi connectivity index (χ3n) is 8.64. The smallest absolute Gasteiger partial charge is 0.339 e. The summed E-state index contributed by atoms with van der Waals surface area (Å²) in [5, 5.41) is 9.74. The molecule has 2 aliphatic heterocycles. The number of imidazole rings is 1. The summed E-state index contributed by atoms with van der Waals surface area (Å²) in [5.74, 6) is 0.0565. The normalized spacial score (nSPS) is 21.1. The minimum atomic E-state index is -4.73. The van der Waals surface area contributed by atoms with E-state index in [0.29, 0.717) is 43.6 Å². The highest BCUT2D eigenvalue weighted by Crippen LogP contribution is 2.49. The molecule has 3 aromatic rings. The topological polar surface area (TPSA) is 117 Å².